The van der Waals surface area contributed by atoms with E-state index >= 15 is 0 Å². The minimum Gasteiger partial charge on any atom is -0.485 e. The first-order valence-electron chi connectivity index (χ1n) is 8.20. The molecule has 0 spiro atoms. The minimum absolute atomic E-state index is 0.262. The van der Waals surface area contributed by atoms with Crippen LogP contribution in [-0.4, -0.2) is 14.8 Å². The van der Waals surface area contributed by atoms with Crippen LogP contribution in [0.2, 0.25) is 0 Å². The molecule has 1 heterocycles. The van der Waals surface area contributed by atoms with Gasteiger partial charge in [-0.2, -0.15) is 13.2 Å². The van der Waals surface area contributed by atoms with Gasteiger partial charge in [-0.3, -0.25) is 0 Å². The fraction of sp³-hybridized carbons (Fsp3) is 0.263. The van der Waals surface area contributed by atoms with E-state index in [0.717, 1.165) is 23.4 Å². The summed E-state index contributed by atoms with van der Waals surface area (Å²) in [6.07, 6.45) is -4.34. The van der Waals surface area contributed by atoms with E-state index in [1.54, 1.807) is 10.6 Å². The summed E-state index contributed by atoms with van der Waals surface area (Å²) in [5.74, 6) is 1.79. The molecule has 0 aliphatic heterocycles. The first-order valence-corrected chi connectivity index (χ1v) is 9.19. The maximum Gasteiger partial charge on any atom is 0.416 e. The largest absolute Gasteiger partial charge is 0.485 e. The van der Waals surface area contributed by atoms with Crippen molar-refractivity contribution < 1.29 is 17.9 Å². The van der Waals surface area contributed by atoms with Crippen molar-refractivity contribution in [2.75, 3.05) is 0 Å². The fourth-order valence-electron chi connectivity index (χ4n) is 2.44. The third kappa shape index (κ3) is 4.82. The molecule has 0 N–H and O–H groups in total. The number of para-hydroxylation sites is 1. The van der Waals surface area contributed by atoms with E-state index in [9.17, 15) is 13.2 Å². The molecule has 8 heteroatoms. The second-order valence-corrected chi connectivity index (χ2v) is 6.94. The molecular formula is C19H18F3N3OS. The van der Waals surface area contributed by atoms with Gasteiger partial charge in [-0.05, 0) is 30.2 Å². The molecule has 0 aliphatic carbocycles. The summed E-state index contributed by atoms with van der Waals surface area (Å²) in [7, 11) is 1.81. The molecule has 0 atom stereocenters. The zero-order valence-corrected chi connectivity index (χ0v) is 15.6. The van der Waals surface area contributed by atoms with E-state index in [-0.39, 0.29) is 6.61 Å². The van der Waals surface area contributed by atoms with Crippen molar-refractivity contribution in [2.24, 2.45) is 7.05 Å². The lowest BCUT2D eigenvalue weighted by molar-refractivity contribution is -0.137. The van der Waals surface area contributed by atoms with Crippen molar-refractivity contribution in [3.05, 3.63) is 71.0 Å². The Hall–Kier alpha value is -2.48. The summed E-state index contributed by atoms with van der Waals surface area (Å²) >= 11 is 1.33. The molecule has 142 valence electrons. The van der Waals surface area contributed by atoms with Gasteiger partial charge in [0.2, 0.25) is 0 Å². The predicted molar refractivity (Wildman–Crippen MR) is 97.5 cm³/mol. The molecule has 4 nitrogen and oxygen atoms in total. The van der Waals surface area contributed by atoms with Crippen molar-refractivity contribution in [3.8, 4) is 5.75 Å². The molecule has 2 aromatic carbocycles. The third-order valence-electron chi connectivity index (χ3n) is 4.00. The predicted octanol–water partition coefficient (Wildman–Crippen LogP) is 5.01. The topological polar surface area (TPSA) is 39.9 Å². The van der Waals surface area contributed by atoms with Gasteiger partial charge in [-0.25, -0.2) is 0 Å². The Morgan fingerprint density at radius 3 is 2.59 bits per heavy atom. The van der Waals surface area contributed by atoms with Crippen LogP contribution in [0.15, 0.2) is 53.7 Å². The van der Waals surface area contributed by atoms with Crippen LogP contribution < -0.4 is 4.74 Å². The Labute approximate surface area is 159 Å². The summed E-state index contributed by atoms with van der Waals surface area (Å²) in [4.78, 5) is 0. The fourth-order valence-corrected chi connectivity index (χ4v) is 3.32. The Morgan fingerprint density at radius 2 is 1.85 bits per heavy atom. The molecule has 0 unspecified atom stereocenters. The molecule has 0 saturated heterocycles. The number of nitrogens with zero attached hydrogens (tertiary/aromatic N) is 3. The van der Waals surface area contributed by atoms with Crippen LogP contribution in [0.5, 0.6) is 5.75 Å². The zero-order valence-electron chi connectivity index (χ0n) is 14.8. The van der Waals surface area contributed by atoms with Gasteiger partial charge in [0.15, 0.2) is 11.0 Å². The number of hydrogen-bond donors (Lipinski definition) is 0. The second kappa shape index (κ2) is 8.04. The molecule has 0 aliphatic rings. The van der Waals surface area contributed by atoms with Crippen LogP contribution in [0, 0.1) is 6.92 Å². The van der Waals surface area contributed by atoms with Crippen LogP contribution in [-0.2, 0) is 25.6 Å². The second-order valence-electron chi connectivity index (χ2n) is 6.00. The number of aromatic nitrogens is 3. The Balaban J connectivity index is 1.63. The summed E-state index contributed by atoms with van der Waals surface area (Å²) in [6.45, 7) is 2.22. The Bertz CT molecular complexity index is 925. The minimum atomic E-state index is -4.34. The quantitative estimate of drug-likeness (QED) is 0.552. The van der Waals surface area contributed by atoms with Gasteiger partial charge >= 0.3 is 6.18 Å². The number of halogens is 3. The molecule has 0 bridgehead atoms. The SMILES string of the molecule is Cc1ccccc1OCc1nnc(SCc2cccc(C(F)(F)F)c2)n1C. The maximum absolute atomic E-state index is 12.8. The molecule has 0 radical (unpaired) electrons. The molecule has 3 rings (SSSR count). The lowest BCUT2D eigenvalue weighted by Crippen LogP contribution is -2.05. The number of ether oxygens (including phenoxy) is 1. The van der Waals surface area contributed by atoms with Crippen molar-refractivity contribution in [1.82, 2.24) is 14.8 Å². The number of hydrogen-bond acceptors (Lipinski definition) is 4. The maximum atomic E-state index is 12.8. The highest BCUT2D eigenvalue weighted by molar-refractivity contribution is 7.98. The number of rotatable bonds is 6. The lowest BCUT2D eigenvalue weighted by Gasteiger charge is -2.09. The molecule has 0 amide bonds. The van der Waals surface area contributed by atoms with Gasteiger partial charge < -0.3 is 9.30 Å². The number of thioether (sulfide) groups is 1. The summed E-state index contributed by atoms with van der Waals surface area (Å²) < 4.78 is 46.0. The smallest absolute Gasteiger partial charge is 0.416 e. The summed E-state index contributed by atoms with van der Waals surface area (Å²) in [6, 6.07) is 13.0. The van der Waals surface area contributed by atoms with Crippen LogP contribution in [0.4, 0.5) is 13.2 Å². The summed E-state index contributed by atoms with van der Waals surface area (Å²) in [5, 5.41) is 8.85. The number of aryl methyl sites for hydroxylation is 1. The van der Waals surface area contributed by atoms with Crippen molar-refractivity contribution in [2.45, 2.75) is 30.6 Å². The van der Waals surface area contributed by atoms with E-state index in [1.165, 1.54) is 17.8 Å². The van der Waals surface area contributed by atoms with Crippen LogP contribution in [0.1, 0.15) is 22.5 Å². The highest BCUT2D eigenvalue weighted by Gasteiger charge is 2.30. The van der Waals surface area contributed by atoms with E-state index in [0.29, 0.717) is 22.3 Å². The first-order chi connectivity index (χ1) is 12.8. The highest BCUT2D eigenvalue weighted by atomic mass is 32.2. The average Bonchev–Trinajstić information content (AvgIpc) is 2.99. The van der Waals surface area contributed by atoms with Crippen molar-refractivity contribution >= 4 is 11.8 Å². The molecule has 3 aromatic rings. The first kappa shape index (κ1) is 19.3. The average molecular weight is 393 g/mol. The molecule has 1 aromatic heterocycles. The molecule has 27 heavy (non-hydrogen) atoms. The van der Waals surface area contributed by atoms with Gasteiger partial charge in [0, 0.05) is 12.8 Å². The standard InChI is InChI=1S/C19H18F3N3OS/c1-13-6-3-4-9-16(13)26-11-17-23-24-18(25(17)2)27-12-14-7-5-8-15(10-14)19(20,21)22/h3-10H,11-12H2,1-2H3. The van der Waals surface area contributed by atoms with E-state index in [4.69, 9.17) is 4.74 Å². The van der Waals surface area contributed by atoms with Crippen LogP contribution in [0.3, 0.4) is 0 Å². The van der Waals surface area contributed by atoms with Gasteiger partial charge in [0.05, 0.1) is 5.56 Å². The van der Waals surface area contributed by atoms with E-state index in [2.05, 4.69) is 10.2 Å². The number of benzene rings is 2. The number of alkyl halides is 3. The third-order valence-corrected chi connectivity index (χ3v) is 5.09. The zero-order chi connectivity index (χ0) is 19.4. The molecule has 0 saturated carbocycles. The van der Waals surface area contributed by atoms with Crippen molar-refractivity contribution in [3.63, 3.8) is 0 Å². The van der Waals surface area contributed by atoms with Crippen molar-refractivity contribution in [1.29, 1.82) is 0 Å². The normalized spacial score (nSPS) is 11.6. The molecule has 0 fully saturated rings. The van der Waals surface area contributed by atoms with Gasteiger partial charge in [-0.1, -0.05) is 48.2 Å². The summed E-state index contributed by atoms with van der Waals surface area (Å²) in [5.41, 5.74) is 0.959. The lowest BCUT2D eigenvalue weighted by atomic mass is 10.1. The monoisotopic (exact) mass is 393 g/mol. The van der Waals surface area contributed by atoms with Gasteiger partial charge in [0.25, 0.3) is 0 Å². The van der Waals surface area contributed by atoms with Crippen LogP contribution >= 0.6 is 11.8 Å². The Kier molecular flexibility index (Phi) is 5.74. The van der Waals surface area contributed by atoms with Gasteiger partial charge in [0.1, 0.15) is 12.4 Å². The molecular weight excluding hydrogens is 375 g/mol. The van der Waals surface area contributed by atoms with E-state index in [1.807, 2.05) is 38.2 Å². The van der Waals surface area contributed by atoms with E-state index < -0.39 is 11.7 Å². The van der Waals surface area contributed by atoms with Crippen LogP contribution in [0.25, 0.3) is 0 Å². The Morgan fingerprint density at radius 1 is 1.07 bits per heavy atom. The highest BCUT2D eigenvalue weighted by Crippen LogP contribution is 2.31. The van der Waals surface area contributed by atoms with Gasteiger partial charge in [-0.15, -0.1) is 10.2 Å².